The van der Waals surface area contributed by atoms with Crippen molar-refractivity contribution in [2.24, 2.45) is 5.92 Å². The molecule has 0 radical (unpaired) electrons. The summed E-state index contributed by atoms with van der Waals surface area (Å²) in [5.41, 5.74) is 1.72. The van der Waals surface area contributed by atoms with Gasteiger partial charge in [0.25, 0.3) is 0 Å². The number of amides is 1. The molecule has 2 heterocycles. The molecule has 0 aliphatic carbocycles. The third-order valence-electron chi connectivity index (χ3n) is 3.81. The maximum atomic E-state index is 12.8. The van der Waals surface area contributed by atoms with Crippen molar-refractivity contribution in [2.75, 3.05) is 12.3 Å². The van der Waals surface area contributed by atoms with Crippen LogP contribution in [0.5, 0.6) is 0 Å². The molecule has 22 heavy (non-hydrogen) atoms. The van der Waals surface area contributed by atoms with Crippen molar-refractivity contribution in [2.45, 2.75) is 13.0 Å². The SMILES string of the molecule is O=C1CC(CS(=O)(=O)F)CN1Cc1cccc2cccnc12. The number of benzene rings is 1. The van der Waals surface area contributed by atoms with Crippen LogP contribution in [0.1, 0.15) is 12.0 Å². The van der Waals surface area contributed by atoms with E-state index in [1.165, 1.54) is 0 Å². The number of pyridine rings is 1. The Hall–Kier alpha value is -2.02. The fraction of sp³-hybridized carbons (Fsp3) is 0.333. The zero-order valence-corrected chi connectivity index (χ0v) is 12.6. The smallest absolute Gasteiger partial charge is 0.302 e. The molecule has 2 aromatic rings. The minimum Gasteiger partial charge on any atom is -0.338 e. The number of halogens is 1. The first-order valence-corrected chi connectivity index (χ1v) is 8.50. The molecule has 116 valence electrons. The summed E-state index contributed by atoms with van der Waals surface area (Å²) in [6.07, 6.45) is 1.76. The Kier molecular flexibility index (Phi) is 3.82. The van der Waals surface area contributed by atoms with Gasteiger partial charge in [0.15, 0.2) is 0 Å². The molecule has 1 saturated heterocycles. The second kappa shape index (κ2) is 5.64. The van der Waals surface area contributed by atoms with Gasteiger partial charge in [-0.1, -0.05) is 24.3 Å². The monoisotopic (exact) mass is 322 g/mol. The van der Waals surface area contributed by atoms with Crippen molar-refractivity contribution in [3.8, 4) is 0 Å². The van der Waals surface area contributed by atoms with Gasteiger partial charge in [0.2, 0.25) is 5.91 Å². The number of carbonyl (C=O) groups excluding carboxylic acids is 1. The standard InChI is InChI=1S/C15H15FN2O3S/c16-22(20,21)10-11-7-14(19)18(8-11)9-13-4-1-3-12-5-2-6-17-15(12)13/h1-6,11H,7-10H2. The Morgan fingerprint density at radius 3 is 2.82 bits per heavy atom. The van der Waals surface area contributed by atoms with E-state index in [1.54, 1.807) is 11.1 Å². The Morgan fingerprint density at radius 2 is 2.05 bits per heavy atom. The number of rotatable bonds is 4. The van der Waals surface area contributed by atoms with Gasteiger partial charge in [-0.2, -0.15) is 8.42 Å². The highest BCUT2D eigenvalue weighted by Crippen LogP contribution is 2.24. The molecule has 1 fully saturated rings. The molecule has 0 bridgehead atoms. The first-order valence-electron chi connectivity index (χ1n) is 6.95. The van der Waals surface area contributed by atoms with E-state index in [1.807, 2.05) is 30.3 Å². The molecule has 1 unspecified atom stereocenters. The fourth-order valence-electron chi connectivity index (χ4n) is 2.90. The van der Waals surface area contributed by atoms with Crippen molar-refractivity contribution in [3.05, 3.63) is 42.1 Å². The summed E-state index contributed by atoms with van der Waals surface area (Å²) < 4.78 is 34.2. The van der Waals surface area contributed by atoms with Crippen LogP contribution >= 0.6 is 0 Å². The molecule has 1 aromatic heterocycles. The third-order valence-corrected chi connectivity index (χ3v) is 4.68. The van der Waals surface area contributed by atoms with Crippen molar-refractivity contribution in [1.29, 1.82) is 0 Å². The molecule has 7 heteroatoms. The summed E-state index contributed by atoms with van der Waals surface area (Å²) in [7, 11) is -4.55. The molecule has 0 spiro atoms. The van der Waals surface area contributed by atoms with Gasteiger partial charge >= 0.3 is 10.2 Å². The van der Waals surface area contributed by atoms with Crippen LogP contribution in [0.4, 0.5) is 3.89 Å². The fourth-order valence-corrected chi connectivity index (χ4v) is 3.69. The van der Waals surface area contributed by atoms with E-state index in [0.29, 0.717) is 6.54 Å². The zero-order chi connectivity index (χ0) is 15.7. The molecule has 0 saturated carbocycles. The van der Waals surface area contributed by atoms with Crippen LogP contribution in [0.3, 0.4) is 0 Å². The van der Waals surface area contributed by atoms with Gasteiger partial charge in [0.1, 0.15) is 0 Å². The molecule has 0 N–H and O–H groups in total. The van der Waals surface area contributed by atoms with Gasteiger partial charge in [0, 0.05) is 37.0 Å². The summed E-state index contributed by atoms with van der Waals surface area (Å²) >= 11 is 0. The van der Waals surface area contributed by atoms with E-state index < -0.39 is 21.9 Å². The molecule has 1 aliphatic rings. The van der Waals surface area contributed by atoms with Gasteiger partial charge in [0.05, 0.1) is 11.3 Å². The topological polar surface area (TPSA) is 67.3 Å². The van der Waals surface area contributed by atoms with Gasteiger partial charge in [-0.15, -0.1) is 3.89 Å². The Balaban J connectivity index is 1.79. The summed E-state index contributed by atoms with van der Waals surface area (Å²) in [4.78, 5) is 17.9. The number of para-hydroxylation sites is 1. The number of likely N-dealkylation sites (tertiary alicyclic amines) is 1. The Morgan fingerprint density at radius 1 is 1.27 bits per heavy atom. The first-order chi connectivity index (χ1) is 10.4. The zero-order valence-electron chi connectivity index (χ0n) is 11.8. The van der Waals surface area contributed by atoms with E-state index in [-0.39, 0.29) is 18.9 Å². The van der Waals surface area contributed by atoms with Gasteiger partial charge in [-0.3, -0.25) is 9.78 Å². The van der Waals surface area contributed by atoms with E-state index in [2.05, 4.69) is 4.98 Å². The quantitative estimate of drug-likeness (QED) is 0.806. The molecule has 1 atom stereocenters. The maximum Gasteiger partial charge on any atom is 0.302 e. The van der Waals surface area contributed by atoms with Gasteiger partial charge < -0.3 is 4.90 Å². The molecule has 1 aromatic carbocycles. The van der Waals surface area contributed by atoms with E-state index in [9.17, 15) is 17.1 Å². The van der Waals surface area contributed by atoms with E-state index in [0.717, 1.165) is 16.5 Å². The summed E-state index contributed by atoms with van der Waals surface area (Å²) in [5, 5.41) is 0.981. The Bertz CT molecular complexity index is 817. The summed E-state index contributed by atoms with van der Waals surface area (Å²) in [6.45, 7) is 0.612. The highest BCUT2D eigenvalue weighted by molar-refractivity contribution is 7.86. The minimum absolute atomic E-state index is 0.0708. The van der Waals surface area contributed by atoms with Crippen LogP contribution in [0.25, 0.3) is 10.9 Å². The highest BCUT2D eigenvalue weighted by atomic mass is 32.3. The van der Waals surface area contributed by atoms with Crippen LogP contribution in [0, 0.1) is 5.92 Å². The third kappa shape index (κ3) is 3.24. The van der Waals surface area contributed by atoms with Crippen molar-refractivity contribution < 1.29 is 17.1 Å². The van der Waals surface area contributed by atoms with E-state index in [4.69, 9.17) is 0 Å². The lowest BCUT2D eigenvalue weighted by Gasteiger charge is -2.17. The highest BCUT2D eigenvalue weighted by Gasteiger charge is 2.32. The van der Waals surface area contributed by atoms with Crippen LogP contribution in [0.15, 0.2) is 36.5 Å². The van der Waals surface area contributed by atoms with E-state index >= 15 is 0 Å². The number of carbonyl (C=O) groups is 1. The van der Waals surface area contributed by atoms with Gasteiger partial charge in [-0.05, 0) is 11.6 Å². The first kappa shape index (κ1) is 14.9. The number of hydrogen-bond donors (Lipinski definition) is 0. The predicted octanol–water partition coefficient (Wildman–Crippen LogP) is 1.88. The second-order valence-corrected chi connectivity index (χ2v) is 6.95. The van der Waals surface area contributed by atoms with Crippen molar-refractivity contribution in [1.82, 2.24) is 9.88 Å². The maximum absolute atomic E-state index is 12.8. The Labute approximate surface area is 128 Å². The molecule has 5 nitrogen and oxygen atoms in total. The molecule has 1 aliphatic heterocycles. The number of nitrogens with zero attached hydrogens (tertiary/aromatic N) is 2. The molecule has 1 amide bonds. The number of hydrogen-bond acceptors (Lipinski definition) is 4. The average molecular weight is 322 g/mol. The summed E-state index contributed by atoms with van der Waals surface area (Å²) in [6, 6.07) is 9.51. The normalized spacial score (nSPS) is 19.0. The number of aromatic nitrogens is 1. The molecular formula is C15H15FN2O3S. The predicted molar refractivity (Wildman–Crippen MR) is 80.2 cm³/mol. The van der Waals surface area contributed by atoms with Gasteiger partial charge in [-0.25, -0.2) is 0 Å². The van der Waals surface area contributed by atoms with Crippen molar-refractivity contribution in [3.63, 3.8) is 0 Å². The second-order valence-electron chi connectivity index (χ2n) is 5.54. The van der Waals surface area contributed by atoms with Crippen LogP contribution < -0.4 is 0 Å². The lowest BCUT2D eigenvalue weighted by Crippen LogP contribution is -2.25. The number of fused-ring (bicyclic) bond motifs is 1. The van der Waals surface area contributed by atoms with Crippen LogP contribution in [-0.2, 0) is 21.6 Å². The largest absolute Gasteiger partial charge is 0.338 e. The average Bonchev–Trinajstić information content (AvgIpc) is 2.77. The van der Waals surface area contributed by atoms with Crippen LogP contribution in [-0.4, -0.2) is 36.5 Å². The lowest BCUT2D eigenvalue weighted by molar-refractivity contribution is -0.128. The van der Waals surface area contributed by atoms with Crippen LogP contribution in [0.2, 0.25) is 0 Å². The summed E-state index contributed by atoms with van der Waals surface area (Å²) in [5.74, 6) is -1.23. The lowest BCUT2D eigenvalue weighted by atomic mass is 10.1. The molecular weight excluding hydrogens is 307 g/mol. The minimum atomic E-state index is -4.55. The molecule has 3 rings (SSSR count). The van der Waals surface area contributed by atoms with Crippen molar-refractivity contribution >= 4 is 27.0 Å².